The predicted octanol–water partition coefficient (Wildman–Crippen LogP) is 5.90. The lowest BCUT2D eigenvalue weighted by Gasteiger charge is -2.28. The number of hydrogen-bond acceptors (Lipinski definition) is 4. The Morgan fingerprint density at radius 2 is 1.62 bits per heavy atom. The van der Waals surface area contributed by atoms with Crippen molar-refractivity contribution in [3.63, 3.8) is 0 Å². The molecule has 0 spiro atoms. The van der Waals surface area contributed by atoms with Gasteiger partial charge in [-0.15, -0.1) is 0 Å². The van der Waals surface area contributed by atoms with Crippen LogP contribution in [0.25, 0.3) is 0 Å². The SMILES string of the molecule is CC(C)CC[C@]1(c2ccccc2)N=C(N)N(Cc2ccc(C(C)(C)C)c(C(=O)NCc3ccccc3)c2)C1=O. The van der Waals surface area contributed by atoms with Crippen LogP contribution in [0.15, 0.2) is 83.9 Å². The van der Waals surface area contributed by atoms with Crippen LogP contribution in [-0.2, 0) is 28.8 Å². The molecule has 1 atom stereocenters. The number of amides is 2. The molecule has 0 bridgehead atoms. The van der Waals surface area contributed by atoms with Crippen LogP contribution in [0.5, 0.6) is 0 Å². The van der Waals surface area contributed by atoms with Gasteiger partial charge in [-0.2, -0.15) is 0 Å². The fourth-order valence-corrected chi connectivity index (χ4v) is 5.08. The Hall–Kier alpha value is -3.93. The van der Waals surface area contributed by atoms with Crippen molar-refractivity contribution < 1.29 is 9.59 Å². The van der Waals surface area contributed by atoms with Gasteiger partial charge in [-0.05, 0) is 52.5 Å². The monoisotopic (exact) mass is 524 g/mol. The average molecular weight is 525 g/mol. The van der Waals surface area contributed by atoms with E-state index in [2.05, 4.69) is 39.9 Å². The van der Waals surface area contributed by atoms with Crippen molar-refractivity contribution in [2.45, 2.75) is 71.5 Å². The molecule has 0 unspecified atom stereocenters. The standard InChI is InChI=1S/C33H40N4O2/c1-23(2)18-19-33(26-14-10-7-11-15-26)30(39)37(31(34)36-33)22-25-16-17-28(32(3,4)5)27(20-25)29(38)35-21-24-12-8-6-9-13-24/h6-17,20,23H,18-19,21-22H2,1-5H3,(H2,34,36)(H,35,38)/t33-/m1/s1. The number of carbonyl (C=O) groups excluding carboxylic acids is 2. The van der Waals surface area contributed by atoms with E-state index < -0.39 is 5.54 Å². The molecule has 0 saturated heterocycles. The van der Waals surface area contributed by atoms with Gasteiger partial charge in [0, 0.05) is 12.1 Å². The van der Waals surface area contributed by atoms with Crippen molar-refractivity contribution in [3.05, 3.63) is 107 Å². The Kier molecular flexibility index (Phi) is 8.24. The first-order valence-electron chi connectivity index (χ1n) is 13.7. The molecule has 2 amide bonds. The number of benzene rings is 3. The smallest absolute Gasteiger partial charge is 0.262 e. The van der Waals surface area contributed by atoms with Gasteiger partial charge in [0.25, 0.3) is 11.8 Å². The Balaban J connectivity index is 1.62. The van der Waals surface area contributed by atoms with E-state index in [-0.39, 0.29) is 29.7 Å². The number of nitrogens with two attached hydrogens (primary N) is 1. The Bertz CT molecular complexity index is 1340. The lowest BCUT2D eigenvalue weighted by molar-refractivity contribution is -0.132. The quantitative estimate of drug-likeness (QED) is 0.365. The molecular weight excluding hydrogens is 484 g/mol. The highest BCUT2D eigenvalue weighted by atomic mass is 16.2. The largest absolute Gasteiger partial charge is 0.369 e. The number of nitrogens with one attached hydrogen (secondary N) is 1. The van der Waals surface area contributed by atoms with Crippen molar-refractivity contribution in [2.24, 2.45) is 16.6 Å². The van der Waals surface area contributed by atoms with Crippen molar-refractivity contribution >= 4 is 17.8 Å². The minimum Gasteiger partial charge on any atom is -0.369 e. The van der Waals surface area contributed by atoms with Gasteiger partial charge in [-0.1, -0.05) is 107 Å². The molecule has 0 aliphatic carbocycles. The molecular formula is C33H40N4O2. The predicted molar refractivity (Wildman–Crippen MR) is 157 cm³/mol. The van der Waals surface area contributed by atoms with Crippen LogP contribution in [-0.4, -0.2) is 22.7 Å². The minimum atomic E-state index is -1.03. The first kappa shape index (κ1) is 28.1. The highest BCUT2D eigenvalue weighted by molar-refractivity contribution is 6.07. The van der Waals surface area contributed by atoms with E-state index >= 15 is 0 Å². The lowest BCUT2D eigenvalue weighted by atomic mass is 9.82. The van der Waals surface area contributed by atoms with Gasteiger partial charge >= 0.3 is 0 Å². The van der Waals surface area contributed by atoms with Crippen molar-refractivity contribution in [3.8, 4) is 0 Å². The topological polar surface area (TPSA) is 87.8 Å². The van der Waals surface area contributed by atoms with Gasteiger partial charge in [0.05, 0.1) is 6.54 Å². The van der Waals surface area contributed by atoms with Crippen LogP contribution in [0.4, 0.5) is 0 Å². The Morgan fingerprint density at radius 1 is 0.974 bits per heavy atom. The molecule has 3 aromatic rings. The summed E-state index contributed by atoms with van der Waals surface area (Å²) >= 11 is 0. The van der Waals surface area contributed by atoms with E-state index in [0.717, 1.165) is 28.7 Å². The maximum Gasteiger partial charge on any atom is 0.262 e. The van der Waals surface area contributed by atoms with Gasteiger partial charge in [-0.25, -0.2) is 4.99 Å². The summed E-state index contributed by atoms with van der Waals surface area (Å²) in [7, 11) is 0. The third kappa shape index (κ3) is 6.22. The highest BCUT2D eigenvalue weighted by Crippen LogP contribution is 2.39. The van der Waals surface area contributed by atoms with Gasteiger partial charge in [0.1, 0.15) is 0 Å². The molecule has 3 N–H and O–H groups in total. The average Bonchev–Trinajstić information content (AvgIpc) is 3.16. The van der Waals surface area contributed by atoms with Crippen LogP contribution in [0.2, 0.25) is 0 Å². The minimum absolute atomic E-state index is 0.123. The summed E-state index contributed by atoms with van der Waals surface area (Å²) in [5, 5.41) is 3.06. The van der Waals surface area contributed by atoms with Crippen LogP contribution >= 0.6 is 0 Å². The molecule has 4 rings (SSSR count). The third-order valence-electron chi connectivity index (χ3n) is 7.29. The van der Waals surface area contributed by atoms with E-state index in [0.29, 0.717) is 24.4 Å². The summed E-state index contributed by atoms with van der Waals surface area (Å²) in [6, 6.07) is 25.4. The second kappa shape index (κ2) is 11.4. The molecule has 3 aromatic carbocycles. The first-order chi connectivity index (χ1) is 18.5. The van der Waals surface area contributed by atoms with Crippen molar-refractivity contribution in [2.75, 3.05) is 0 Å². The van der Waals surface area contributed by atoms with Gasteiger partial charge in [0.2, 0.25) is 0 Å². The number of aliphatic imine (C=N–C) groups is 1. The van der Waals surface area contributed by atoms with Gasteiger partial charge < -0.3 is 11.1 Å². The highest BCUT2D eigenvalue weighted by Gasteiger charge is 2.48. The zero-order valence-electron chi connectivity index (χ0n) is 23.7. The zero-order valence-corrected chi connectivity index (χ0v) is 23.7. The third-order valence-corrected chi connectivity index (χ3v) is 7.29. The molecule has 204 valence electrons. The van der Waals surface area contributed by atoms with Crippen molar-refractivity contribution in [1.82, 2.24) is 10.2 Å². The summed E-state index contributed by atoms with van der Waals surface area (Å²) in [5.41, 5.74) is 9.42. The van der Waals surface area contributed by atoms with Crippen LogP contribution < -0.4 is 11.1 Å². The summed E-state index contributed by atoms with van der Waals surface area (Å²) in [6.07, 6.45) is 1.43. The fraction of sp³-hybridized carbons (Fsp3) is 0.364. The summed E-state index contributed by atoms with van der Waals surface area (Å²) in [4.78, 5) is 33.8. The molecule has 39 heavy (non-hydrogen) atoms. The van der Waals surface area contributed by atoms with E-state index in [9.17, 15) is 9.59 Å². The van der Waals surface area contributed by atoms with E-state index in [1.807, 2.05) is 78.9 Å². The Labute approximate surface area is 232 Å². The molecule has 6 nitrogen and oxygen atoms in total. The maximum absolute atomic E-state index is 14.0. The van der Waals surface area contributed by atoms with Crippen LogP contribution in [0, 0.1) is 5.92 Å². The molecule has 0 radical (unpaired) electrons. The van der Waals surface area contributed by atoms with Crippen LogP contribution in [0.1, 0.15) is 80.1 Å². The number of nitrogens with zero attached hydrogens (tertiary/aromatic N) is 2. The number of hydrogen-bond donors (Lipinski definition) is 2. The molecule has 0 fully saturated rings. The second-order valence-electron chi connectivity index (χ2n) is 11.8. The summed E-state index contributed by atoms with van der Waals surface area (Å²) in [6.45, 7) is 11.2. The molecule has 1 heterocycles. The molecule has 0 aromatic heterocycles. The van der Waals surface area contributed by atoms with Crippen LogP contribution in [0.3, 0.4) is 0 Å². The molecule has 6 heteroatoms. The molecule has 1 aliphatic heterocycles. The zero-order chi connectivity index (χ0) is 28.2. The maximum atomic E-state index is 14.0. The van der Waals surface area contributed by atoms with E-state index in [1.165, 1.54) is 0 Å². The normalized spacial score (nSPS) is 17.4. The summed E-state index contributed by atoms with van der Waals surface area (Å²) < 4.78 is 0. The van der Waals surface area contributed by atoms with Gasteiger partial charge in [-0.3, -0.25) is 14.5 Å². The first-order valence-corrected chi connectivity index (χ1v) is 13.7. The fourth-order valence-electron chi connectivity index (χ4n) is 5.08. The van der Waals surface area contributed by atoms with E-state index in [1.54, 1.807) is 4.90 Å². The van der Waals surface area contributed by atoms with Gasteiger partial charge in [0.15, 0.2) is 11.5 Å². The Morgan fingerprint density at radius 3 is 2.23 bits per heavy atom. The summed E-state index contributed by atoms with van der Waals surface area (Å²) in [5.74, 6) is 0.366. The van der Waals surface area contributed by atoms with E-state index in [4.69, 9.17) is 10.7 Å². The molecule has 0 saturated carbocycles. The number of guanidine groups is 1. The number of carbonyl (C=O) groups is 2. The molecule has 1 aliphatic rings. The number of rotatable bonds is 9. The van der Waals surface area contributed by atoms with Crippen molar-refractivity contribution in [1.29, 1.82) is 0 Å². The second-order valence-corrected chi connectivity index (χ2v) is 11.8. The lowest BCUT2D eigenvalue weighted by Crippen LogP contribution is -2.42.